The zero-order valence-electron chi connectivity index (χ0n) is 27.5. The van der Waals surface area contributed by atoms with Crippen molar-refractivity contribution in [2.75, 3.05) is 26.2 Å². The predicted octanol–water partition coefficient (Wildman–Crippen LogP) is 6.35. The number of hydrogen-bond acceptors (Lipinski definition) is 6. The molecule has 250 valence electrons. The molecule has 3 fully saturated rings. The van der Waals surface area contributed by atoms with E-state index in [1.54, 1.807) is 4.90 Å². The molecule has 47 heavy (non-hydrogen) atoms. The van der Waals surface area contributed by atoms with Gasteiger partial charge in [0.05, 0.1) is 23.8 Å². The molecular formula is C37H47ClN6O3. The van der Waals surface area contributed by atoms with Gasteiger partial charge >= 0.3 is 6.09 Å². The number of carbonyl (C=O) groups is 2. The van der Waals surface area contributed by atoms with Crippen LogP contribution in [0.5, 0.6) is 0 Å². The van der Waals surface area contributed by atoms with Crippen molar-refractivity contribution in [1.29, 1.82) is 0 Å². The highest BCUT2D eigenvalue weighted by Crippen LogP contribution is 2.38. The van der Waals surface area contributed by atoms with E-state index < -0.39 is 6.04 Å². The van der Waals surface area contributed by atoms with Crippen LogP contribution in [-0.4, -0.2) is 85.6 Å². The molecule has 3 atom stereocenters. The van der Waals surface area contributed by atoms with E-state index >= 15 is 0 Å². The second kappa shape index (κ2) is 14.4. The second-order valence-electron chi connectivity index (χ2n) is 13.9. The summed E-state index contributed by atoms with van der Waals surface area (Å²) in [5.41, 5.74) is 5.65. The first-order chi connectivity index (χ1) is 22.9. The highest BCUT2D eigenvalue weighted by Gasteiger charge is 2.44. The van der Waals surface area contributed by atoms with Gasteiger partial charge in [0.1, 0.15) is 12.1 Å². The topological polar surface area (TPSA) is 83.8 Å². The normalized spacial score (nSPS) is 23.9. The predicted molar refractivity (Wildman–Crippen MR) is 181 cm³/mol. The number of carbonyl (C=O) groups excluding carboxylic acids is 2. The van der Waals surface area contributed by atoms with Crippen molar-refractivity contribution in [2.24, 2.45) is 0 Å². The number of fused-ring (bicyclic) bond motifs is 2. The van der Waals surface area contributed by atoms with Crippen molar-refractivity contribution in [3.8, 4) is 0 Å². The molecule has 10 heteroatoms. The van der Waals surface area contributed by atoms with Gasteiger partial charge in [0.15, 0.2) is 0 Å². The van der Waals surface area contributed by atoms with Gasteiger partial charge in [-0.3, -0.25) is 19.6 Å². The van der Waals surface area contributed by atoms with Crippen LogP contribution in [0.1, 0.15) is 91.9 Å². The summed E-state index contributed by atoms with van der Waals surface area (Å²) in [5.74, 6) is 0.0352. The molecule has 2 aliphatic carbocycles. The summed E-state index contributed by atoms with van der Waals surface area (Å²) in [6, 6.07) is 9.70. The number of rotatable bonds is 6. The number of amides is 2. The summed E-state index contributed by atoms with van der Waals surface area (Å²) in [5, 5.41) is 0.728. The molecule has 0 radical (unpaired) electrons. The SMILES string of the molecule is Cc1cn(CC[C@H]2CCCCN2C(=O)[C@H]2CN(C3c4ccc(Cl)cc4CCc4cccnc43)CCN2C(=O)OC2CCCCC2)cn1. The maximum absolute atomic E-state index is 14.8. The molecule has 9 nitrogen and oxygen atoms in total. The van der Waals surface area contributed by atoms with Crippen molar-refractivity contribution < 1.29 is 14.3 Å². The first-order valence-electron chi connectivity index (χ1n) is 17.7. The van der Waals surface area contributed by atoms with E-state index in [0.29, 0.717) is 26.2 Å². The highest BCUT2D eigenvalue weighted by atomic mass is 35.5. The van der Waals surface area contributed by atoms with Gasteiger partial charge in [-0.15, -0.1) is 0 Å². The lowest BCUT2D eigenvalue weighted by Crippen LogP contribution is -2.63. The lowest BCUT2D eigenvalue weighted by molar-refractivity contribution is -0.143. The van der Waals surface area contributed by atoms with Crippen LogP contribution >= 0.6 is 11.6 Å². The summed E-state index contributed by atoms with van der Waals surface area (Å²) in [6.45, 7) is 4.99. The molecule has 0 bridgehead atoms. The van der Waals surface area contributed by atoms with Crippen LogP contribution in [0.15, 0.2) is 49.1 Å². The van der Waals surface area contributed by atoms with Crippen LogP contribution in [0.4, 0.5) is 4.79 Å². The van der Waals surface area contributed by atoms with Gasteiger partial charge in [-0.05, 0) is 106 Å². The lowest BCUT2D eigenvalue weighted by atomic mass is 9.94. The Bertz CT molecular complexity index is 1570. The first kappa shape index (κ1) is 32.1. The maximum Gasteiger partial charge on any atom is 0.410 e. The molecule has 7 rings (SSSR count). The Labute approximate surface area is 283 Å². The van der Waals surface area contributed by atoms with Crippen LogP contribution in [0, 0.1) is 6.92 Å². The van der Waals surface area contributed by atoms with Crippen LogP contribution in [0.3, 0.4) is 0 Å². The van der Waals surface area contributed by atoms with E-state index in [9.17, 15) is 9.59 Å². The smallest absolute Gasteiger partial charge is 0.410 e. The summed E-state index contributed by atoms with van der Waals surface area (Å²) < 4.78 is 8.23. The Kier molecular flexibility index (Phi) is 9.82. The van der Waals surface area contributed by atoms with E-state index in [0.717, 1.165) is 87.2 Å². The molecule has 2 aliphatic heterocycles. The number of hydrogen-bond donors (Lipinski definition) is 0. The summed E-state index contributed by atoms with van der Waals surface area (Å²) in [7, 11) is 0. The molecule has 2 saturated heterocycles. The first-order valence-corrected chi connectivity index (χ1v) is 18.0. The molecule has 4 heterocycles. The average Bonchev–Trinajstić information content (AvgIpc) is 3.45. The Balaban J connectivity index is 1.19. The summed E-state index contributed by atoms with van der Waals surface area (Å²) >= 11 is 6.50. The number of halogens is 1. The quantitative estimate of drug-likeness (QED) is 0.307. The minimum atomic E-state index is -0.637. The second-order valence-corrected chi connectivity index (χ2v) is 14.3. The fraction of sp³-hybridized carbons (Fsp3) is 0.568. The van der Waals surface area contributed by atoms with Crippen molar-refractivity contribution >= 4 is 23.6 Å². The molecule has 1 saturated carbocycles. The van der Waals surface area contributed by atoms with Gasteiger partial charge in [0, 0.05) is 56.2 Å². The van der Waals surface area contributed by atoms with Gasteiger partial charge in [-0.25, -0.2) is 9.78 Å². The van der Waals surface area contributed by atoms with Crippen LogP contribution < -0.4 is 0 Å². The molecule has 1 unspecified atom stereocenters. The fourth-order valence-electron chi connectivity index (χ4n) is 8.29. The number of likely N-dealkylation sites (tertiary alicyclic amines) is 1. The third-order valence-electron chi connectivity index (χ3n) is 10.8. The van der Waals surface area contributed by atoms with Crippen molar-refractivity contribution in [2.45, 2.75) is 108 Å². The van der Waals surface area contributed by atoms with Gasteiger partial charge in [0.2, 0.25) is 5.91 Å². The summed E-state index contributed by atoms with van der Waals surface area (Å²) in [4.78, 5) is 44.2. The number of aryl methyl sites for hydroxylation is 4. The van der Waals surface area contributed by atoms with E-state index in [1.807, 2.05) is 31.6 Å². The van der Waals surface area contributed by atoms with E-state index in [4.69, 9.17) is 21.3 Å². The maximum atomic E-state index is 14.8. The third kappa shape index (κ3) is 7.07. The van der Waals surface area contributed by atoms with Crippen LogP contribution in [0.2, 0.25) is 5.02 Å². The molecule has 3 aromatic rings. The van der Waals surface area contributed by atoms with Crippen molar-refractivity contribution in [3.63, 3.8) is 0 Å². The Morgan fingerprint density at radius 3 is 2.60 bits per heavy atom. The van der Waals surface area contributed by atoms with Crippen LogP contribution in [-0.2, 0) is 28.9 Å². The molecule has 2 amide bonds. The molecule has 0 spiro atoms. The number of ether oxygens (including phenoxy) is 1. The van der Waals surface area contributed by atoms with E-state index in [1.165, 1.54) is 23.1 Å². The largest absolute Gasteiger partial charge is 0.446 e. The highest BCUT2D eigenvalue weighted by molar-refractivity contribution is 6.30. The zero-order valence-corrected chi connectivity index (χ0v) is 28.3. The lowest BCUT2D eigenvalue weighted by Gasteiger charge is -2.46. The minimum absolute atomic E-state index is 0.0352. The molecular weight excluding hydrogens is 612 g/mol. The monoisotopic (exact) mass is 658 g/mol. The van der Waals surface area contributed by atoms with Crippen molar-refractivity contribution in [3.05, 3.63) is 82.2 Å². The van der Waals surface area contributed by atoms with E-state index in [2.05, 4.69) is 43.7 Å². The fourth-order valence-corrected chi connectivity index (χ4v) is 8.48. The molecule has 4 aliphatic rings. The standard InChI is InChI=1S/C37H47ClN6O3/c1-26-23-41(25-40-26)19-16-30-9-5-6-18-43(30)36(45)33-24-42(20-21-44(33)37(46)47-31-10-3-2-4-11-31)35-32-15-14-29(38)22-28(32)13-12-27-8-7-17-39-34(27)35/h7-8,14-15,17,22-23,25,30-31,33,35H,2-6,9-13,16,18-21,24H2,1H3/t30-,33-,35?/m1/s1. The van der Waals surface area contributed by atoms with Gasteiger partial charge in [-0.2, -0.15) is 0 Å². The Morgan fingerprint density at radius 1 is 0.936 bits per heavy atom. The summed E-state index contributed by atoms with van der Waals surface area (Å²) in [6.07, 6.45) is 16.2. The number of aromatic nitrogens is 3. The number of pyridine rings is 1. The van der Waals surface area contributed by atoms with E-state index in [-0.39, 0.29) is 30.2 Å². The molecule has 0 N–H and O–H groups in total. The number of imidazole rings is 1. The Morgan fingerprint density at radius 2 is 1.77 bits per heavy atom. The minimum Gasteiger partial charge on any atom is -0.446 e. The average molecular weight is 659 g/mol. The third-order valence-corrected chi connectivity index (χ3v) is 11.0. The molecule has 2 aromatic heterocycles. The van der Waals surface area contributed by atoms with Gasteiger partial charge in [0.25, 0.3) is 0 Å². The number of piperazine rings is 1. The van der Waals surface area contributed by atoms with Crippen LogP contribution in [0.25, 0.3) is 0 Å². The number of nitrogens with zero attached hydrogens (tertiary/aromatic N) is 6. The van der Waals surface area contributed by atoms with Gasteiger partial charge in [-0.1, -0.05) is 30.2 Å². The molecule has 1 aromatic carbocycles. The Hall–Kier alpha value is -3.43. The van der Waals surface area contributed by atoms with Crippen molar-refractivity contribution in [1.82, 2.24) is 29.2 Å². The zero-order chi connectivity index (χ0) is 32.3. The number of benzene rings is 1. The number of piperidine rings is 1. The van der Waals surface area contributed by atoms with Gasteiger partial charge < -0.3 is 14.2 Å².